The Kier molecular flexibility index (Phi) is 23.4. The van der Waals surface area contributed by atoms with E-state index in [4.69, 9.17) is 5.11 Å². The topological polar surface area (TPSA) is 141 Å². The lowest BCUT2D eigenvalue weighted by Gasteiger charge is -2.15. The number of nitrogens with zero attached hydrogens (tertiary/aromatic N) is 2. The number of amides is 3. The van der Waals surface area contributed by atoms with E-state index in [-0.39, 0.29) is 5.91 Å². The summed E-state index contributed by atoms with van der Waals surface area (Å²) in [5, 5.41) is 17.3. The van der Waals surface area contributed by atoms with Gasteiger partial charge in [-0.1, -0.05) is 64.4 Å². The summed E-state index contributed by atoms with van der Waals surface area (Å²) in [7, 11) is 2.13. The van der Waals surface area contributed by atoms with Crippen molar-refractivity contribution >= 4 is 23.7 Å². The fraction of sp³-hybridized carbons (Fsp3) is 0.735. The summed E-state index contributed by atoms with van der Waals surface area (Å²) in [6.07, 6.45) is 17.6. The van der Waals surface area contributed by atoms with Gasteiger partial charge in [-0.05, 0) is 70.7 Å². The lowest BCUT2D eigenvalue weighted by Crippen LogP contribution is -2.46. The zero-order chi connectivity index (χ0) is 32.3. The molecule has 0 aromatic carbocycles. The fourth-order valence-corrected chi connectivity index (χ4v) is 5.04. The molecule has 1 aromatic heterocycles. The standard InChI is InChI=1S/C34H59N5O5/c1-3-19-31(33(42)43)38-34(44)37-26-16-8-4-5-11-21-30(40)22-12-6-7-13-23-32(41)36-25-15-9-10-18-27-39(2)28-29-20-14-17-24-35-29/h14,17,20,24,31H,3-13,15-16,18-19,21-23,25-28H2,1-2H3,(H,36,41)(H,42,43)(H2,37,38,44). The van der Waals surface area contributed by atoms with Gasteiger partial charge < -0.3 is 26.0 Å². The van der Waals surface area contributed by atoms with Crippen molar-refractivity contribution in [2.45, 2.75) is 135 Å². The molecule has 0 aliphatic carbocycles. The van der Waals surface area contributed by atoms with Crippen molar-refractivity contribution in [3.8, 4) is 0 Å². The molecule has 0 spiro atoms. The molecule has 0 saturated carbocycles. The van der Waals surface area contributed by atoms with Crippen molar-refractivity contribution in [3.63, 3.8) is 0 Å². The van der Waals surface area contributed by atoms with E-state index in [0.717, 1.165) is 102 Å². The van der Waals surface area contributed by atoms with Crippen LogP contribution >= 0.6 is 0 Å². The van der Waals surface area contributed by atoms with Crippen molar-refractivity contribution < 1.29 is 24.3 Å². The van der Waals surface area contributed by atoms with E-state index >= 15 is 0 Å². The minimum Gasteiger partial charge on any atom is -0.480 e. The Hall–Kier alpha value is -3.01. The predicted molar refractivity (Wildman–Crippen MR) is 175 cm³/mol. The minimum absolute atomic E-state index is 0.133. The highest BCUT2D eigenvalue weighted by Gasteiger charge is 2.18. The number of unbranched alkanes of at least 4 members (excludes halogenated alkanes) is 10. The number of aromatic nitrogens is 1. The number of carboxylic acids is 1. The van der Waals surface area contributed by atoms with Gasteiger partial charge in [-0.2, -0.15) is 0 Å². The SMILES string of the molecule is CCCC(NC(=O)NCCCCCCCC(=O)CCCCCCC(=O)NCCCCCCN(C)Cc1ccccn1)C(=O)O. The van der Waals surface area contributed by atoms with Gasteiger partial charge in [0.15, 0.2) is 0 Å². The van der Waals surface area contributed by atoms with Crippen LogP contribution in [0.2, 0.25) is 0 Å². The second-order valence-electron chi connectivity index (χ2n) is 11.9. The van der Waals surface area contributed by atoms with Crippen molar-refractivity contribution in [2.75, 3.05) is 26.7 Å². The van der Waals surface area contributed by atoms with Crippen LogP contribution in [0.15, 0.2) is 24.4 Å². The van der Waals surface area contributed by atoms with Gasteiger partial charge in [-0.25, -0.2) is 9.59 Å². The van der Waals surface area contributed by atoms with Gasteiger partial charge in [0.1, 0.15) is 11.8 Å². The lowest BCUT2D eigenvalue weighted by atomic mass is 10.0. The van der Waals surface area contributed by atoms with Crippen LogP contribution in [0.1, 0.15) is 128 Å². The van der Waals surface area contributed by atoms with Crippen molar-refractivity contribution in [3.05, 3.63) is 30.1 Å². The van der Waals surface area contributed by atoms with Crippen molar-refractivity contribution in [2.24, 2.45) is 0 Å². The predicted octanol–water partition coefficient (Wildman–Crippen LogP) is 5.99. The van der Waals surface area contributed by atoms with Crippen LogP contribution in [0, 0.1) is 0 Å². The first-order valence-electron chi connectivity index (χ1n) is 17.0. The summed E-state index contributed by atoms with van der Waals surface area (Å²) < 4.78 is 0. The van der Waals surface area contributed by atoms with Gasteiger partial charge in [0.2, 0.25) is 5.91 Å². The molecular weight excluding hydrogens is 558 g/mol. The van der Waals surface area contributed by atoms with Crippen LogP contribution in [0.5, 0.6) is 0 Å². The summed E-state index contributed by atoms with van der Waals surface area (Å²) in [5.74, 6) is -0.559. The molecule has 3 amide bonds. The third kappa shape index (κ3) is 22.5. The molecule has 1 aromatic rings. The van der Waals surface area contributed by atoms with Crippen LogP contribution in [-0.4, -0.2) is 71.4 Å². The number of carbonyl (C=O) groups is 4. The molecule has 0 bridgehead atoms. The van der Waals surface area contributed by atoms with Crippen molar-refractivity contribution in [1.29, 1.82) is 0 Å². The zero-order valence-electron chi connectivity index (χ0n) is 27.4. The Bertz CT molecular complexity index is 915. The first-order chi connectivity index (χ1) is 21.3. The molecule has 1 unspecified atom stereocenters. The Labute approximate surface area is 265 Å². The Morgan fingerprint density at radius 1 is 0.795 bits per heavy atom. The summed E-state index contributed by atoms with van der Waals surface area (Å²) in [4.78, 5) is 53.7. The minimum atomic E-state index is -1.01. The summed E-state index contributed by atoms with van der Waals surface area (Å²) in [6.45, 7) is 5.07. The highest BCUT2D eigenvalue weighted by molar-refractivity contribution is 5.82. The number of pyridine rings is 1. The molecular formula is C34H59N5O5. The van der Waals surface area contributed by atoms with Gasteiger partial charge in [0.25, 0.3) is 0 Å². The summed E-state index contributed by atoms with van der Waals surface area (Å²) >= 11 is 0. The van der Waals surface area contributed by atoms with Gasteiger partial charge in [-0.3, -0.25) is 14.6 Å². The summed E-state index contributed by atoms with van der Waals surface area (Å²) in [6, 6.07) is 4.73. The molecule has 4 N–H and O–H groups in total. The zero-order valence-corrected chi connectivity index (χ0v) is 27.4. The largest absolute Gasteiger partial charge is 0.480 e. The normalized spacial score (nSPS) is 11.7. The number of ketones is 1. The first-order valence-corrected chi connectivity index (χ1v) is 17.0. The van der Waals surface area contributed by atoms with E-state index in [1.807, 2.05) is 25.3 Å². The van der Waals surface area contributed by atoms with Crippen LogP contribution < -0.4 is 16.0 Å². The second kappa shape index (κ2) is 26.4. The average molecular weight is 618 g/mol. The number of urea groups is 1. The van der Waals surface area contributed by atoms with E-state index in [1.165, 1.54) is 6.42 Å². The van der Waals surface area contributed by atoms with Crippen LogP contribution in [-0.2, 0) is 20.9 Å². The van der Waals surface area contributed by atoms with Crippen molar-refractivity contribution in [1.82, 2.24) is 25.8 Å². The van der Waals surface area contributed by atoms with Crippen LogP contribution in [0.3, 0.4) is 0 Å². The number of carbonyl (C=O) groups excluding carboxylic acids is 3. The Morgan fingerprint density at radius 2 is 1.39 bits per heavy atom. The maximum Gasteiger partial charge on any atom is 0.326 e. The molecule has 0 saturated heterocycles. The second-order valence-corrected chi connectivity index (χ2v) is 11.9. The molecule has 0 aliphatic rings. The van der Waals surface area contributed by atoms with E-state index in [1.54, 1.807) is 0 Å². The molecule has 10 heteroatoms. The lowest BCUT2D eigenvalue weighted by molar-refractivity contribution is -0.139. The summed E-state index contributed by atoms with van der Waals surface area (Å²) in [5.41, 5.74) is 1.10. The molecule has 44 heavy (non-hydrogen) atoms. The van der Waals surface area contributed by atoms with Crippen LogP contribution in [0.25, 0.3) is 0 Å². The van der Waals surface area contributed by atoms with Gasteiger partial charge in [0.05, 0.1) is 5.69 Å². The molecule has 250 valence electrons. The third-order valence-corrected chi connectivity index (χ3v) is 7.66. The van der Waals surface area contributed by atoms with E-state index in [2.05, 4.69) is 38.9 Å². The number of nitrogens with one attached hydrogen (secondary N) is 3. The quantitative estimate of drug-likeness (QED) is 0.0846. The number of hydrogen-bond donors (Lipinski definition) is 4. The Morgan fingerprint density at radius 3 is 2.00 bits per heavy atom. The molecule has 1 atom stereocenters. The van der Waals surface area contributed by atoms with Gasteiger partial charge in [0, 0.05) is 45.1 Å². The molecule has 10 nitrogen and oxygen atoms in total. The average Bonchev–Trinajstić information content (AvgIpc) is 2.99. The smallest absolute Gasteiger partial charge is 0.326 e. The maximum absolute atomic E-state index is 12.1. The fourth-order valence-electron chi connectivity index (χ4n) is 5.04. The molecule has 0 aliphatic heterocycles. The molecule has 0 radical (unpaired) electrons. The maximum atomic E-state index is 12.1. The van der Waals surface area contributed by atoms with E-state index in [0.29, 0.717) is 44.4 Å². The number of carboxylic acid groups (broad SMARTS) is 1. The first kappa shape index (κ1) is 39.0. The highest BCUT2D eigenvalue weighted by atomic mass is 16.4. The molecule has 1 heterocycles. The van der Waals surface area contributed by atoms with E-state index < -0.39 is 18.0 Å². The van der Waals surface area contributed by atoms with Crippen LogP contribution in [0.4, 0.5) is 4.79 Å². The third-order valence-electron chi connectivity index (χ3n) is 7.66. The molecule has 0 fully saturated rings. The number of hydrogen-bond acceptors (Lipinski definition) is 6. The highest BCUT2D eigenvalue weighted by Crippen LogP contribution is 2.11. The number of rotatable bonds is 28. The van der Waals surface area contributed by atoms with Gasteiger partial charge >= 0.3 is 12.0 Å². The van der Waals surface area contributed by atoms with E-state index in [9.17, 15) is 19.2 Å². The number of aliphatic carboxylic acids is 1. The number of Topliss-reactive ketones (excluding diaryl/α,β-unsaturated/α-hetero) is 1. The molecule has 1 rings (SSSR count). The van der Waals surface area contributed by atoms with Gasteiger partial charge in [-0.15, -0.1) is 0 Å². The monoisotopic (exact) mass is 617 g/mol. The Balaban J connectivity index is 1.85.